The fourth-order valence-electron chi connectivity index (χ4n) is 4.73. The molecule has 3 rings (SSSR count). The zero-order valence-electron chi connectivity index (χ0n) is 16.0. The SMILES string of the molecule is CCCCC(c1ccccc1)(c1ccccc1)C1C(C)=CC(C)=C1C. The highest BCUT2D eigenvalue weighted by molar-refractivity contribution is 5.51. The highest BCUT2D eigenvalue weighted by Gasteiger charge is 2.44. The van der Waals surface area contributed by atoms with E-state index in [1.807, 2.05) is 0 Å². The average Bonchev–Trinajstić information content (AvgIpc) is 2.91. The van der Waals surface area contributed by atoms with Crippen molar-refractivity contribution in [3.8, 4) is 0 Å². The maximum Gasteiger partial charge on any atom is 0.0305 e. The molecule has 25 heavy (non-hydrogen) atoms. The first-order valence-electron chi connectivity index (χ1n) is 9.58. The highest BCUT2D eigenvalue weighted by atomic mass is 14.5. The molecule has 0 aromatic heterocycles. The average molecular weight is 331 g/mol. The Morgan fingerprint density at radius 3 is 1.72 bits per heavy atom. The molecule has 1 aliphatic carbocycles. The van der Waals surface area contributed by atoms with Crippen LogP contribution in [-0.2, 0) is 5.41 Å². The van der Waals surface area contributed by atoms with Gasteiger partial charge in [-0.2, -0.15) is 0 Å². The van der Waals surface area contributed by atoms with Crippen LogP contribution < -0.4 is 0 Å². The Morgan fingerprint density at radius 2 is 1.32 bits per heavy atom. The van der Waals surface area contributed by atoms with Crippen molar-refractivity contribution in [2.45, 2.75) is 52.4 Å². The molecule has 1 unspecified atom stereocenters. The molecule has 0 aliphatic heterocycles. The van der Waals surface area contributed by atoms with Gasteiger partial charge >= 0.3 is 0 Å². The van der Waals surface area contributed by atoms with Crippen LogP contribution >= 0.6 is 0 Å². The molecule has 0 N–H and O–H groups in total. The maximum absolute atomic E-state index is 2.40. The normalized spacial score (nSPS) is 17.8. The summed E-state index contributed by atoms with van der Waals surface area (Å²) in [6.07, 6.45) is 6.03. The molecule has 0 bridgehead atoms. The summed E-state index contributed by atoms with van der Waals surface area (Å²) in [6, 6.07) is 22.4. The summed E-state index contributed by atoms with van der Waals surface area (Å²) in [5, 5.41) is 0. The standard InChI is InChI=1S/C25H30/c1-5-6-17-25(22-13-9-7-10-14-22,23-15-11-8-12-16-23)24-20(3)18-19(2)21(24)4/h7-16,18,24H,5-6,17H2,1-4H3. The predicted molar refractivity (Wildman–Crippen MR) is 109 cm³/mol. The van der Waals surface area contributed by atoms with Crippen molar-refractivity contribution >= 4 is 0 Å². The van der Waals surface area contributed by atoms with Crippen LogP contribution in [0.25, 0.3) is 0 Å². The van der Waals surface area contributed by atoms with Crippen molar-refractivity contribution in [3.63, 3.8) is 0 Å². The lowest BCUT2D eigenvalue weighted by molar-refractivity contribution is 0.369. The zero-order chi connectivity index (χ0) is 17.9. The summed E-state index contributed by atoms with van der Waals surface area (Å²) in [6.45, 7) is 9.21. The largest absolute Gasteiger partial charge is 0.0654 e. The number of unbranched alkanes of at least 4 members (excludes halogenated alkanes) is 1. The lowest BCUT2D eigenvalue weighted by atomic mass is 9.60. The van der Waals surface area contributed by atoms with E-state index in [-0.39, 0.29) is 5.41 Å². The molecule has 0 nitrogen and oxygen atoms in total. The Hall–Kier alpha value is -2.08. The smallest absolute Gasteiger partial charge is 0.0305 e. The molecule has 1 aliphatic rings. The summed E-state index contributed by atoms with van der Waals surface area (Å²) in [5.41, 5.74) is 7.37. The van der Waals surface area contributed by atoms with Crippen LogP contribution in [0.1, 0.15) is 58.1 Å². The number of allylic oxidation sites excluding steroid dienone is 4. The Bertz CT molecular complexity index is 723. The second-order valence-corrected chi connectivity index (χ2v) is 7.49. The molecule has 2 aromatic carbocycles. The van der Waals surface area contributed by atoms with Crippen LogP contribution in [0.4, 0.5) is 0 Å². The summed E-state index contributed by atoms with van der Waals surface area (Å²) in [4.78, 5) is 0. The fourth-order valence-corrected chi connectivity index (χ4v) is 4.73. The van der Waals surface area contributed by atoms with Gasteiger partial charge in [-0.25, -0.2) is 0 Å². The van der Waals surface area contributed by atoms with Crippen molar-refractivity contribution in [1.29, 1.82) is 0 Å². The van der Waals surface area contributed by atoms with E-state index in [9.17, 15) is 0 Å². The molecule has 0 saturated heterocycles. The second-order valence-electron chi connectivity index (χ2n) is 7.49. The van der Waals surface area contributed by atoms with E-state index in [4.69, 9.17) is 0 Å². The second kappa shape index (κ2) is 7.44. The molecule has 0 fully saturated rings. The van der Waals surface area contributed by atoms with Gasteiger partial charge in [-0.15, -0.1) is 0 Å². The van der Waals surface area contributed by atoms with E-state index < -0.39 is 0 Å². The fraction of sp³-hybridized carbons (Fsp3) is 0.360. The van der Waals surface area contributed by atoms with Crippen LogP contribution in [-0.4, -0.2) is 0 Å². The van der Waals surface area contributed by atoms with Crippen LogP contribution in [0, 0.1) is 5.92 Å². The summed E-state index contributed by atoms with van der Waals surface area (Å²) < 4.78 is 0. The van der Waals surface area contributed by atoms with Gasteiger partial charge in [0.05, 0.1) is 0 Å². The molecule has 130 valence electrons. The molecule has 2 aromatic rings. The van der Waals surface area contributed by atoms with Gasteiger partial charge in [0.2, 0.25) is 0 Å². The van der Waals surface area contributed by atoms with Gasteiger partial charge in [-0.05, 0) is 38.3 Å². The molecule has 0 radical (unpaired) electrons. The third kappa shape index (κ3) is 3.11. The van der Waals surface area contributed by atoms with Crippen LogP contribution in [0.15, 0.2) is 83.5 Å². The molecule has 0 heterocycles. The van der Waals surface area contributed by atoms with Gasteiger partial charge in [0.25, 0.3) is 0 Å². The minimum atomic E-state index is 0.0148. The highest BCUT2D eigenvalue weighted by Crippen LogP contribution is 2.52. The van der Waals surface area contributed by atoms with Crippen molar-refractivity contribution in [3.05, 3.63) is 94.6 Å². The first kappa shape index (κ1) is 17.7. The Balaban J connectivity index is 2.28. The van der Waals surface area contributed by atoms with E-state index in [0.29, 0.717) is 5.92 Å². The van der Waals surface area contributed by atoms with E-state index >= 15 is 0 Å². The summed E-state index contributed by atoms with van der Waals surface area (Å²) in [7, 11) is 0. The first-order valence-corrected chi connectivity index (χ1v) is 9.58. The Labute approximate surface area is 153 Å². The molecule has 0 spiro atoms. The van der Waals surface area contributed by atoms with Crippen molar-refractivity contribution in [2.75, 3.05) is 0 Å². The summed E-state index contributed by atoms with van der Waals surface area (Å²) >= 11 is 0. The zero-order valence-corrected chi connectivity index (χ0v) is 16.0. The number of hydrogen-bond acceptors (Lipinski definition) is 0. The number of rotatable bonds is 6. The third-order valence-electron chi connectivity index (χ3n) is 5.95. The van der Waals surface area contributed by atoms with Crippen molar-refractivity contribution in [1.82, 2.24) is 0 Å². The van der Waals surface area contributed by atoms with Gasteiger partial charge in [-0.1, -0.05) is 103 Å². The van der Waals surface area contributed by atoms with E-state index in [2.05, 4.69) is 94.4 Å². The van der Waals surface area contributed by atoms with Gasteiger partial charge < -0.3 is 0 Å². The first-order chi connectivity index (χ1) is 12.1. The quantitative estimate of drug-likeness (QED) is 0.531. The van der Waals surface area contributed by atoms with Crippen molar-refractivity contribution < 1.29 is 0 Å². The monoisotopic (exact) mass is 330 g/mol. The minimum Gasteiger partial charge on any atom is -0.0654 e. The Morgan fingerprint density at radius 1 is 0.800 bits per heavy atom. The lowest BCUT2D eigenvalue weighted by Gasteiger charge is -2.43. The topological polar surface area (TPSA) is 0 Å². The Kier molecular flexibility index (Phi) is 5.27. The van der Waals surface area contributed by atoms with Gasteiger partial charge in [-0.3, -0.25) is 0 Å². The van der Waals surface area contributed by atoms with Gasteiger partial charge in [0, 0.05) is 11.3 Å². The van der Waals surface area contributed by atoms with Gasteiger partial charge in [0.15, 0.2) is 0 Å². The third-order valence-corrected chi connectivity index (χ3v) is 5.95. The number of hydrogen-bond donors (Lipinski definition) is 0. The van der Waals surface area contributed by atoms with E-state index in [1.165, 1.54) is 47.1 Å². The molecule has 0 heteroatoms. The minimum absolute atomic E-state index is 0.0148. The summed E-state index contributed by atoms with van der Waals surface area (Å²) in [5.74, 6) is 0.448. The van der Waals surface area contributed by atoms with E-state index in [0.717, 1.165) is 0 Å². The van der Waals surface area contributed by atoms with Crippen LogP contribution in [0.2, 0.25) is 0 Å². The lowest BCUT2D eigenvalue weighted by Crippen LogP contribution is -2.37. The molecular formula is C25H30. The van der Waals surface area contributed by atoms with Gasteiger partial charge in [0.1, 0.15) is 0 Å². The number of benzene rings is 2. The predicted octanol–water partition coefficient (Wildman–Crippen LogP) is 7.08. The molecule has 1 atom stereocenters. The molecule has 0 amide bonds. The van der Waals surface area contributed by atoms with Crippen LogP contribution in [0.3, 0.4) is 0 Å². The van der Waals surface area contributed by atoms with E-state index in [1.54, 1.807) is 0 Å². The maximum atomic E-state index is 2.40. The molecule has 0 saturated carbocycles. The molecular weight excluding hydrogens is 300 g/mol. The van der Waals surface area contributed by atoms with Crippen molar-refractivity contribution in [2.24, 2.45) is 5.92 Å². The van der Waals surface area contributed by atoms with Crippen LogP contribution in [0.5, 0.6) is 0 Å².